The maximum atomic E-state index is 12.1. The Kier molecular flexibility index (Phi) is 5.07. The highest BCUT2D eigenvalue weighted by Gasteiger charge is 2.23. The van der Waals surface area contributed by atoms with E-state index in [-0.39, 0.29) is 11.9 Å². The van der Waals surface area contributed by atoms with Crippen molar-refractivity contribution in [2.24, 2.45) is 0 Å². The Hall–Kier alpha value is -0.540. The Labute approximate surface area is 121 Å². The number of halogens is 2. The number of carbonyl (C=O) groups excluding carboxylic acids is 1. The maximum absolute atomic E-state index is 12.1. The molecule has 2 unspecified atom stereocenters. The van der Waals surface area contributed by atoms with Gasteiger partial charge in [-0.2, -0.15) is 0 Å². The first-order chi connectivity index (χ1) is 8.66. The van der Waals surface area contributed by atoms with Crippen LogP contribution in [0.2, 0.25) is 5.02 Å². The first-order valence-electron chi connectivity index (χ1n) is 6.37. The third-order valence-electron chi connectivity index (χ3n) is 3.35. The summed E-state index contributed by atoms with van der Waals surface area (Å²) >= 11 is 9.50. The molecule has 0 saturated heterocycles. The van der Waals surface area contributed by atoms with Crippen LogP contribution in [0.1, 0.15) is 42.5 Å². The summed E-state index contributed by atoms with van der Waals surface area (Å²) in [6.07, 6.45) is 5.87. The molecule has 2 nitrogen and oxygen atoms in total. The molecule has 0 heterocycles. The molecule has 1 aliphatic carbocycles. The summed E-state index contributed by atoms with van der Waals surface area (Å²) in [6.45, 7) is 0. The number of amides is 1. The van der Waals surface area contributed by atoms with Crippen molar-refractivity contribution in [2.45, 2.75) is 43.0 Å². The van der Waals surface area contributed by atoms with Gasteiger partial charge in [0.15, 0.2) is 0 Å². The summed E-state index contributed by atoms with van der Waals surface area (Å²) in [7, 11) is 0. The molecule has 98 valence electrons. The summed E-state index contributed by atoms with van der Waals surface area (Å²) in [5.74, 6) is -0.0111. The first kappa shape index (κ1) is 13.9. The van der Waals surface area contributed by atoms with E-state index in [9.17, 15) is 4.79 Å². The molecule has 1 fully saturated rings. The van der Waals surface area contributed by atoms with Crippen LogP contribution in [0.15, 0.2) is 24.3 Å². The number of alkyl halides is 1. The Morgan fingerprint density at radius 2 is 1.83 bits per heavy atom. The molecule has 1 aliphatic rings. The highest BCUT2D eigenvalue weighted by Crippen LogP contribution is 2.24. The minimum atomic E-state index is -0.0111. The Morgan fingerprint density at radius 3 is 2.56 bits per heavy atom. The van der Waals surface area contributed by atoms with Gasteiger partial charge in [0, 0.05) is 21.5 Å². The molecule has 18 heavy (non-hydrogen) atoms. The van der Waals surface area contributed by atoms with E-state index in [1.807, 2.05) is 0 Å². The van der Waals surface area contributed by atoms with Crippen LogP contribution in [0.25, 0.3) is 0 Å². The molecule has 2 rings (SSSR count). The molecular weight excluding hydrogens is 314 g/mol. The fourth-order valence-electron chi connectivity index (χ4n) is 2.28. The van der Waals surface area contributed by atoms with Gasteiger partial charge in [-0.1, -0.05) is 46.8 Å². The number of nitrogens with one attached hydrogen (secondary N) is 1. The quantitative estimate of drug-likeness (QED) is 0.640. The smallest absolute Gasteiger partial charge is 0.251 e. The van der Waals surface area contributed by atoms with E-state index in [0.29, 0.717) is 15.4 Å². The van der Waals surface area contributed by atoms with Crippen molar-refractivity contribution in [1.82, 2.24) is 5.32 Å². The average molecular weight is 331 g/mol. The minimum Gasteiger partial charge on any atom is -0.348 e. The van der Waals surface area contributed by atoms with E-state index in [0.717, 1.165) is 12.8 Å². The molecule has 2 atom stereocenters. The Bertz CT molecular complexity index is 407. The fraction of sp³-hybridized carbons (Fsp3) is 0.500. The van der Waals surface area contributed by atoms with Gasteiger partial charge >= 0.3 is 0 Å². The lowest BCUT2D eigenvalue weighted by Crippen LogP contribution is -2.40. The number of rotatable bonds is 2. The van der Waals surface area contributed by atoms with E-state index in [4.69, 9.17) is 11.6 Å². The molecule has 1 saturated carbocycles. The van der Waals surface area contributed by atoms with E-state index in [2.05, 4.69) is 21.2 Å². The van der Waals surface area contributed by atoms with E-state index in [1.165, 1.54) is 19.3 Å². The first-order valence-corrected chi connectivity index (χ1v) is 7.66. The number of benzene rings is 1. The highest BCUT2D eigenvalue weighted by molar-refractivity contribution is 9.09. The molecule has 1 aromatic carbocycles. The van der Waals surface area contributed by atoms with Crippen molar-refractivity contribution in [3.05, 3.63) is 34.9 Å². The van der Waals surface area contributed by atoms with Crippen LogP contribution >= 0.6 is 27.5 Å². The van der Waals surface area contributed by atoms with Gasteiger partial charge in [-0.05, 0) is 37.1 Å². The van der Waals surface area contributed by atoms with Crippen molar-refractivity contribution in [1.29, 1.82) is 0 Å². The van der Waals surface area contributed by atoms with Crippen LogP contribution in [0.4, 0.5) is 0 Å². The van der Waals surface area contributed by atoms with Crippen LogP contribution in [-0.4, -0.2) is 16.8 Å². The second kappa shape index (κ2) is 6.58. The zero-order valence-corrected chi connectivity index (χ0v) is 12.5. The zero-order valence-electron chi connectivity index (χ0n) is 10.2. The van der Waals surface area contributed by atoms with Gasteiger partial charge in [0.2, 0.25) is 0 Å². The maximum Gasteiger partial charge on any atom is 0.251 e. The van der Waals surface area contributed by atoms with Crippen LogP contribution in [0.5, 0.6) is 0 Å². The summed E-state index contributed by atoms with van der Waals surface area (Å²) in [5, 5.41) is 3.77. The van der Waals surface area contributed by atoms with Crippen LogP contribution in [0.3, 0.4) is 0 Å². The molecule has 0 bridgehead atoms. The number of hydrogen-bond donors (Lipinski definition) is 1. The standard InChI is InChI=1S/C14H17BrClNO/c15-12-4-2-1-3-5-13(12)17-14(18)10-6-8-11(16)9-7-10/h6-9,12-13H,1-5H2,(H,17,18). The van der Waals surface area contributed by atoms with Crippen molar-refractivity contribution >= 4 is 33.4 Å². The van der Waals surface area contributed by atoms with E-state index in [1.54, 1.807) is 24.3 Å². The van der Waals surface area contributed by atoms with Crippen LogP contribution in [0, 0.1) is 0 Å². The van der Waals surface area contributed by atoms with Gasteiger partial charge in [-0.25, -0.2) is 0 Å². The zero-order chi connectivity index (χ0) is 13.0. The Morgan fingerprint density at radius 1 is 1.17 bits per heavy atom. The van der Waals surface area contributed by atoms with Crippen molar-refractivity contribution in [3.63, 3.8) is 0 Å². The minimum absolute atomic E-state index is 0.0111. The lowest BCUT2D eigenvalue weighted by atomic mass is 10.1. The molecular formula is C14H17BrClNO. The monoisotopic (exact) mass is 329 g/mol. The topological polar surface area (TPSA) is 29.1 Å². The molecule has 0 aliphatic heterocycles. The van der Waals surface area contributed by atoms with Gasteiger partial charge < -0.3 is 5.32 Å². The Balaban J connectivity index is 1.99. The highest BCUT2D eigenvalue weighted by atomic mass is 79.9. The SMILES string of the molecule is O=C(NC1CCCCCC1Br)c1ccc(Cl)cc1. The largest absolute Gasteiger partial charge is 0.348 e. The van der Waals surface area contributed by atoms with Crippen LogP contribution in [-0.2, 0) is 0 Å². The fourth-order valence-corrected chi connectivity index (χ4v) is 3.12. The normalized spacial score (nSPS) is 24.3. The lowest BCUT2D eigenvalue weighted by Gasteiger charge is -2.21. The predicted octanol–water partition coefficient (Wildman–Crippen LogP) is 4.17. The second-order valence-corrected chi connectivity index (χ2v) is 6.35. The molecule has 4 heteroatoms. The van der Waals surface area contributed by atoms with Gasteiger partial charge in [0.1, 0.15) is 0 Å². The van der Waals surface area contributed by atoms with E-state index >= 15 is 0 Å². The molecule has 0 spiro atoms. The van der Waals surface area contributed by atoms with Gasteiger partial charge in [-0.15, -0.1) is 0 Å². The third-order valence-corrected chi connectivity index (χ3v) is 4.70. The van der Waals surface area contributed by atoms with Gasteiger partial charge in [-0.3, -0.25) is 4.79 Å². The summed E-state index contributed by atoms with van der Waals surface area (Å²) < 4.78 is 0. The van der Waals surface area contributed by atoms with Crippen molar-refractivity contribution < 1.29 is 4.79 Å². The number of hydrogen-bond acceptors (Lipinski definition) is 1. The van der Waals surface area contributed by atoms with E-state index < -0.39 is 0 Å². The van der Waals surface area contributed by atoms with Crippen molar-refractivity contribution in [3.8, 4) is 0 Å². The molecule has 1 amide bonds. The van der Waals surface area contributed by atoms with Crippen LogP contribution < -0.4 is 5.32 Å². The third kappa shape index (κ3) is 3.72. The summed E-state index contributed by atoms with van der Waals surface area (Å²) in [4.78, 5) is 12.5. The molecule has 0 radical (unpaired) electrons. The van der Waals surface area contributed by atoms with Crippen molar-refractivity contribution in [2.75, 3.05) is 0 Å². The summed E-state index contributed by atoms with van der Waals surface area (Å²) in [5.41, 5.74) is 0.670. The average Bonchev–Trinajstić information content (AvgIpc) is 2.56. The molecule has 1 aromatic rings. The summed E-state index contributed by atoms with van der Waals surface area (Å²) in [6, 6.07) is 7.25. The predicted molar refractivity (Wildman–Crippen MR) is 78.5 cm³/mol. The lowest BCUT2D eigenvalue weighted by molar-refractivity contribution is 0.0935. The second-order valence-electron chi connectivity index (χ2n) is 4.74. The molecule has 1 N–H and O–H groups in total. The van der Waals surface area contributed by atoms with Gasteiger partial charge in [0.25, 0.3) is 5.91 Å². The van der Waals surface area contributed by atoms with Gasteiger partial charge in [0.05, 0.1) is 0 Å². The molecule has 0 aromatic heterocycles. The number of carbonyl (C=O) groups is 1.